The fourth-order valence-electron chi connectivity index (χ4n) is 4.50. The number of aliphatic hydroxyl groups is 1. The predicted molar refractivity (Wildman–Crippen MR) is 118 cm³/mol. The molecule has 0 spiro atoms. The molecule has 31 heavy (non-hydrogen) atoms. The lowest BCUT2D eigenvalue weighted by atomic mass is 9.82. The topological polar surface area (TPSA) is 79.6 Å². The third-order valence-electron chi connectivity index (χ3n) is 6.08. The summed E-state index contributed by atoms with van der Waals surface area (Å²) in [6.45, 7) is 9.10. The van der Waals surface area contributed by atoms with Gasteiger partial charge in [0.1, 0.15) is 11.4 Å². The zero-order valence-electron chi connectivity index (χ0n) is 19.0. The Labute approximate surface area is 185 Å². The van der Waals surface area contributed by atoms with E-state index in [4.69, 9.17) is 9.47 Å². The highest BCUT2D eigenvalue weighted by Crippen LogP contribution is 2.39. The standard InChI is InChI=1S/C26H31NO4/c1-18-14-19(10-11-22(18)24(2,3)17-27)12-13-26(29,20-8-6-7-9-20)16-21-15-23(28)31-25(4,5)30-21/h10-11,14-15,20,29H,6-9,16H2,1-5H3. The van der Waals surface area contributed by atoms with Crippen molar-refractivity contribution in [3.8, 4) is 17.9 Å². The second kappa shape index (κ2) is 8.40. The molecular weight excluding hydrogens is 390 g/mol. The summed E-state index contributed by atoms with van der Waals surface area (Å²) in [6, 6.07) is 8.11. The average molecular weight is 422 g/mol. The summed E-state index contributed by atoms with van der Waals surface area (Å²) in [5.74, 6) is 5.13. The smallest absolute Gasteiger partial charge is 0.337 e. The molecule has 0 aromatic heterocycles. The molecule has 1 heterocycles. The van der Waals surface area contributed by atoms with Crippen LogP contribution in [0.2, 0.25) is 0 Å². The lowest BCUT2D eigenvalue weighted by Crippen LogP contribution is -2.40. The van der Waals surface area contributed by atoms with Gasteiger partial charge in [-0.05, 0) is 62.8 Å². The molecule has 5 heteroatoms. The van der Waals surface area contributed by atoms with Crippen molar-refractivity contribution in [3.05, 3.63) is 46.7 Å². The summed E-state index contributed by atoms with van der Waals surface area (Å²) in [5, 5.41) is 21.0. The second-order valence-electron chi connectivity index (χ2n) is 9.63. The van der Waals surface area contributed by atoms with E-state index in [1.54, 1.807) is 13.8 Å². The van der Waals surface area contributed by atoms with Crippen LogP contribution in [0.3, 0.4) is 0 Å². The molecule has 0 radical (unpaired) electrons. The van der Waals surface area contributed by atoms with Gasteiger partial charge in [0, 0.05) is 25.8 Å². The number of benzene rings is 1. The Hall–Kier alpha value is -2.76. The van der Waals surface area contributed by atoms with Crippen molar-refractivity contribution in [1.29, 1.82) is 5.26 Å². The van der Waals surface area contributed by atoms with E-state index < -0.39 is 22.8 Å². The molecule has 1 N–H and O–H groups in total. The maximum absolute atomic E-state index is 11.9. The summed E-state index contributed by atoms with van der Waals surface area (Å²) in [6.07, 6.45) is 5.33. The molecule has 0 saturated heterocycles. The van der Waals surface area contributed by atoms with Crippen molar-refractivity contribution in [2.24, 2.45) is 5.92 Å². The molecule has 1 unspecified atom stereocenters. The molecule has 1 saturated carbocycles. The summed E-state index contributed by atoms with van der Waals surface area (Å²) in [4.78, 5) is 11.9. The Kier molecular flexibility index (Phi) is 6.21. The Morgan fingerprint density at radius 1 is 1.23 bits per heavy atom. The third kappa shape index (κ3) is 5.30. The fraction of sp³-hybridized carbons (Fsp3) is 0.538. The fourth-order valence-corrected chi connectivity index (χ4v) is 4.50. The first-order valence-corrected chi connectivity index (χ1v) is 10.8. The van der Waals surface area contributed by atoms with E-state index in [-0.39, 0.29) is 12.3 Å². The van der Waals surface area contributed by atoms with Gasteiger partial charge < -0.3 is 14.6 Å². The van der Waals surface area contributed by atoms with Crippen LogP contribution >= 0.6 is 0 Å². The van der Waals surface area contributed by atoms with E-state index in [2.05, 4.69) is 17.9 Å². The monoisotopic (exact) mass is 421 g/mol. The van der Waals surface area contributed by atoms with Crippen molar-refractivity contribution in [3.63, 3.8) is 0 Å². The van der Waals surface area contributed by atoms with Crippen LogP contribution in [-0.4, -0.2) is 22.5 Å². The third-order valence-corrected chi connectivity index (χ3v) is 6.08. The van der Waals surface area contributed by atoms with Gasteiger partial charge in [0.2, 0.25) is 5.79 Å². The largest absolute Gasteiger partial charge is 0.457 e. The van der Waals surface area contributed by atoms with Crippen LogP contribution in [0.5, 0.6) is 0 Å². The van der Waals surface area contributed by atoms with Gasteiger partial charge in [0.15, 0.2) is 0 Å². The van der Waals surface area contributed by atoms with Gasteiger partial charge in [-0.15, -0.1) is 0 Å². The number of hydrogen-bond donors (Lipinski definition) is 1. The minimum absolute atomic E-state index is 0.0171. The number of rotatable bonds is 4. The Morgan fingerprint density at radius 3 is 2.48 bits per heavy atom. The van der Waals surface area contributed by atoms with Crippen molar-refractivity contribution < 1.29 is 19.4 Å². The van der Waals surface area contributed by atoms with Gasteiger partial charge in [0.05, 0.1) is 17.6 Å². The number of cyclic esters (lactones) is 1. The number of carbonyl (C=O) groups is 1. The summed E-state index contributed by atoms with van der Waals surface area (Å²) < 4.78 is 11.0. The van der Waals surface area contributed by atoms with Gasteiger partial charge in [-0.25, -0.2) is 4.79 Å². The molecule has 1 aromatic carbocycles. The lowest BCUT2D eigenvalue weighted by molar-refractivity contribution is -0.207. The van der Waals surface area contributed by atoms with E-state index in [0.29, 0.717) is 5.76 Å². The molecule has 1 aliphatic carbocycles. The Morgan fingerprint density at radius 2 is 1.90 bits per heavy atom. The van der Waals surface area contributed by atoms with Crippen molar-refractivity contribution in [2.45, 2.75) is 83.5 Å². The number of nitrogens with zero attached hydrogens (tertiary/aromatic N) is 1. The SMILES string of the molecule is Cc1cc(C#CC(O)(CC2=CC(=O)OC(C)(C)O2)C2CCCC2)ccc1C(C)(C)C#N. The number of nitriles is 1. The molecule has 3 rings (SSSR count). The van der Waals surface area contributed by atoms with Crippen molar-refractivity contribution in [1.82, 2.24) is 0 Å². The van der Waals surface area contributed by atoms with Crippen LogP contribution in [0.15, 0.2) is 30.0 Å². The maximum atomic E-state index is 11.9. The maximum Gasteiger partial charge on any atom is 0.337 e. The molecule has 1 aromatic rings. The van der Waals surface area contributed by atoms with E-state index >= 15 is 0 Å². The van der Waals surface area contributed by atoms with Crippen LogP contribution < -0.4 is 0 Å². The lowest BCUT2D eigenvalue weighted by Gasteiger charge is -2.35. The van der Waals surface area contributed by atoms with Crippen molar-refractivity contribution in [2.75, 3.05) is 0 Å². The molecule has 2 aliphatic rings. The molecule has 5 nitrogen and oxygen atoms in total. The van der Waals surface area contributed by atoms with Gasteiger partial charge >= 0.3 is 5.97 Å². The highest BCUT2D eigenvalue weighted by Gasteiger charge is 2.41. The molecule has 164 valence electrons. The summed E-state index contributed by atoms with van der Waals surface area (Å²) in [5.41, 5.74) is 0.866. The van der Waals surface area contributed by atoms with E-state index in [1.807, 2.05) is 39.0 Å². The van der Waals surface area contributed by atoms with Gasteiger partial charge in [0.25, 0.3) is 0 Å². The average Bonchev–Trinajstić information content (AvgIpc) is 3.20. The van der Waals surface area contributed by atoms with Crippen LogP contribution in [0, 0.1) is 36.0 Å². The second-order valence-corrected chi connectivity index (χ2v) is 9.63. The minimum atomic E-state index is -1.30. The van der Waals surface area contributed by atoms with Crippen LogP contribution in [0.1, 0.15) is 76.5 Å². The quantitative estimate of drug-likeness (QED) is 0.565. The van der Waals surface area contributed by atoms with Crippen molar-refractivity contribution >= 4 is 5.97 Å². The first-order chi connectivity index (χ1) is 14.4. The number of ether oxygens (including phenoxy) is 2. The van der Waals surface area contributed by atoms with Gasteiger partial charge in [-0.3, -0.25) is 0 Å². The van der Waals surface area contributed by atoms with Crippen LogP contribution in [-0.2, 0) is 19.7 Å². The molecule has 1 aliphatic heterocycles. The number of esters is 1. The summed E-state index contributed by atoms with van der Waals surface area (Å²) in [7, 11) is 0. The zero-order chi connectivity index (χ0) is 22.9. The van der Waals surface area contributed by atoms with E-state index in [0.717, 1.165) is 42.4 Å². The Balaban J connectivity index is 1.91. The molecule has 0 bridgehead atoms. The van der Waals surface area contributed by atoms with Crippen LogP contribution in [0.4, 0.5) is 0 Å². The predicted octanol–water partition coefficient (Wildman–Crippen LogP) is 4.65. The highest BCUT2D eigenvalue weighted by atomic mass is 16.7. The minimum Gasteiger partial charge on any atom is -0.457 e. The van der Waals surface area contributed by atoms with Gasteiger partial charge in [-0.2, -0.15) is 5.26 Å². The highest BCUT2D eigenvalue weighted by molar-refractivity contribution is 5.83. The molecule has 1 atom stereocenters. The zero-order valence-corrected chi connectivity index (χ0v) is 19.0. The van der Waals surface area contributed by atoms with E-state index in [1.165, 1.54) is 6.08 Å². The van der Waals surface area contributed by atoms with Crippen LogP contribution in [0.25, 0.3) is 0 Å². The number of carbonyl (C=O) groups excluding carboxylic acids is 1. The molecular formula is C26H31NO4. The number of aryl methyl sites for hydroxylation is 1. The van der Waals surface area contributed by atoms with Gasteiger partial charge in [-0.1, -0.05) is 30.7 Å². The first kappa shape index (κ1) is 22.9. The normalized spacial score (nSPS) is 20.4. The Bertz CT molecular complexity index is 996. The first-order valence-electron chi connectivity index (χ1n) is 10.8. The molecule has 0 amide bonds. The van der Waals surface area contributed by atoms with E-state index in [9.17, 15) is 15.2 Å². The number of hydrogen-bond acceptors (Lipinski definition) is 5. The summed E-state index contributed by atoms with van der Waals surface area (Å²) >= 11 is 0. The molecule has 1 fully saturated rings.